The summed E-state index contributed by atoms with van der Waals surface area (Å²) in [6, 6.07) is 17.1. The van der Waals surface area contributed by atoms with Crippen LogP contribution in [-0.2, 0) is 6.61 Å². The summed E-state index contributed by atoms with van der Waals surface area (Å²) in [5.74, 6) is 0.560. The van der Waals surface area contributed by atoms with Gasteiger partial charge in [0.25, 0.3) is 5.91 Å². The Morgan fingerprint density at radius 2 is 1.81 bits per heavy atom. The van der Waals surface area contributed by atoms with Crippen molar-refractivity contribution in [3.05, 3.63) is 78.1 Å². The lowest BCUT2D eigenvalue weighted by Crippen LogP contribution is -2.43. The number of hydrazine groups is 1. The predicted octanol–water partition coefficient (Wildman–Crippen LogP) is 2.56. The number of hydrogen-bond donors (Lipinski definition) is 2. The summed E-state index contributed by atoms with van der Waals surface area (Å²) in [6.45, 7) is 1.85. The molecule has 0 aliphatic carbocycles. The van der Waals surface area contributed by atoms with Gasteiger partial charge in [-0.3, -0.25) is 10.2 Å². The fraction of sp³-hybridized carbons (Fsp3) is 0.211. The Morgan fingerprint density at radius 3 is 2.46 bits per heavy atom. The fourth-order valence-electron chi connectivity index (χ4n) is 2.43. The highest BCUT2D eigenvalue weighted by atomic mass is 35.5. The van der Waals surface area contributed by atoms with Gasteiger partial charge in [-0.05, 0) is 29.8 Å². The van der Waals surface area contributed by atoms with Gasteiger partial charge in [-0.15, -0.1) is 12.4 Å². The second kappa shape index (κ2) is 9.70. The molecule has 1 heterocycles. The van der Waals surface area contributed by atoms with E-state index >= 15 is 0 Å². The largest absolute Gasteiger partial charge is 0.489 e. The molecule has 0 saturated heterocycles. The average molecular weight is 375 g/mol. The highest BCUT2D eigenvalue weighted by molar-refractivity contribution is 5.93. The van der Waals surface area contributed by atoms with Crippen molar-refractivity contribution in [1.82, 2.24) is 20.7 Å². The second-order valence-electron chi connectivity index (χ2n) is 5.87. The summed E-state index contributed by atoms with van der Waals surface area (Å²) in [5, 5.41) is 0. The summed E-state index contributed by atoms with van der Waals surface area (Å²) in [5.41, 5.74) is 7.30. The Kier molecular flexibility index (Phi) is 7.32. The number of ether oxygens (including phenoxy) is 1. The minimum absolute atomic E-state index is 0. The van der Waals surface area contributed by atoms with Crippen molar-refractivity contribution in [2.24, 2.45) is 0 Å². The quantitative estimate of drug-likeness (QED) is 0.729. The number of benzene rings is 2. The van der Waals surface area contributed by atoms with E-state index < -0.39 is 0 Å². The molecule has 2 aromatic rings. The third-order valence-corrected chi connectivity index (χ3v) is 3.79. The van der Waals surface area contributed by atoms with Crippen molar-refractivity contribution in [1.29, 1.82) is 0 Å². The summed E-state index contributed by atoms with van der Waals surface area (Å²) < 4.78 is 5.72. The number of nitrogens with zero attached hydrogens (tertiary/aromatic N) is 2. The van der Waals surface area contributed by atoms with Crippen molar-refractivity contribution in [2.45, 2.75) is 6.61 Å². The molecule has 6 nitrogen and oxygen atoms in total. The molecule has 0 unspecified atom stereocenters. The van der Waals surface area contributed by atoms with E-state index in [0.717, 1.165) is 18.0 Å². The zero-order chi connectivity index (χ0) is 17.5. The fourth-order valence-corrected chi connectivity index (χ4v) is 2.43. The van der Waals surface area contributed by atoms with E-state index in [2.05, 4.69) is 15.8 Å². The van der Waals surface area contributed by atoms with E-state index in [1.807, 2.05) is 54.7 Å². The molecule has 1 aliphatic heterocycles. The maximum atomic E-state index is 12.1. The zero-order valence-corrected chi connectivity index (χ0v) is 15.4. The molecule has 0 radical (unpaired) electrons. The molecule has 138 valence electrons. The van der Waals surface area contributed by atoms with Gasteiger partial charge in [0.2, 0.25) is 0 Å². The first kappa shape index (κ1) is 19.6. The van der Waals surface area contributed by atoms with Gasteiger partial charge in [0.05, 0.1) is 13.3 Å². The molecule has 2 N–H and O–H groups in total. The van der Waals surface area contributed by atoms with Crippen molar-refractivity contribution in [3.8, 4) is 5.75 Å². The van der Waals surface area contributed by atoms with Crippen LogP contribution in [0.5, 0.6) is 5.75 Å². The maximum Gasteiger partial charge on any atom is 0.265 e. The molecular weight excluding hydrogens is 352 g/mol. The SMILES string of the molecule is CN1C=CN(CNNC(=O)c2ccc(OCc3ccccc3)cc2)C1.Cl. The molecule has 0 fully saturated rings. The summed E-state index contributed by atoms with van der Waals surface area (Å²) >= 11 is 0. The molecule has 0 spiro atoms. The van der Waals surface area contributed by atoms with E-state index in [9.17, 15) is 4.79 Å². The lowest BCUT2D eigenvalue weighted by molar-refractivity contribution is 0.0922. The molecule has 1 amide bonds. The lowest BCUT2D eigenvalue weighted by Gasteiger charge is -2.18. The van der Waals surface area contributed by atoms with Crippen molar-refractivity contribution in [3.63, 3.8) is 0 Å². The van der Waals surface area contributed by atoms with Crippen molar-refractivity contribution >= 4 is 18.3 Å². The molecule has 3 rings (SSSR count). The first-order valence-corrected chi connectivity index (χ1v) is 8.13. The minimum atomic E-state index is -0.175. The summed E-state index contributed by atoms with van der Waals surface area (Å²) in [6.07, 6.45) is 3.95. The van der Waals surface area contributed by atoms with Crippen LogP contribution in [0.25, 0.3) is 0 Å². The second-order valence-corrected chi connectivity index (χ2v) is 5.87. The lowest BCUT2D eigenvalue weighted by atomic mass is 10.2. The predicted molar refractivity (Wildman–Crippen MR) is 104 cm³/mol. The molecule has 0 bridgehead atoms. The van der Waals surface area contributed by atoms with E-state index in [0.29, 0.717) is 18.8 Å². The van der Waals surface area contributed by atoms with Gasteiger partial charge in [-0.25, -0.2) is 5.43 Å². The Hall–Kier alpha value is -2.70. The van der Waals surface area contributed by atoms with Crippen LogP contribution in [0.2, 0.25) is 0 Å². The zero-order valence-electron chi connectivity index (χ0n) is 14.6. The van der Waals surface area contributed by atoms with E-state index in [4.69, 9.17) is 4.74 Å². The molecule has 2 aromatic carbocycles. The van der Waals surface area contributed by atoms with E-state index in [-0.39, 0.29) is 18.3 Å². The van der Waals surface area contributed by atoms with Gasteiger partial charge in [-0.2, -0.15) is 0 Å². The monoisotopic (exact) mass is 374 g/mol. The number of carbonyl (C=O) groups is 1. The molecule has 0 aromatic heterocycles. The number of hydrogen-bond acceptors (Lipinski definition) is 5. The van der Waals surface area contributed by atoms with E-state index in [1.165, 1.54) is 0 Å². The van der Waals surface area contributed by atoms with Gasteiger partial charge in [0.15, 0.2) is 0 Å². The normalized spacial score (nSPS) is 12.7. The van der Waals surface area contributed by atoms with Crippen LogP contribution in [0, 0.1) is 0 Å². The standard InChI is InChI=1S/C19H22N4O2.ClH/c1-22-11-12-23(15-22)14-20-21-19(24)17-7-9-18(10-8-17)25-13-16-5-3-2-4-6-16;/h2-12,20H,13-15H2,1H3,(H,21,24);1H. The Labute approximate surface area is 159 Å². The van der Waals surface area contributed by atoms with Crippen molar-refractivity contribution < 1.29 is 9.53 Å². The molecular formula is C19H23ClN4O2. The molecule has 0 atom stereocenters. The van der Waals surface area contributed by atoms with Crippen LogP contribution in [0.15, 0.2) is 67.0 Å². The summed E-state index contributed by atoms with van der Waals surface area (Å²) in [7, 11) is 2.00. The minimum Gasteiger partial charge on any atom is -0.489 e. The van der Waals surface area contributed by atoms with Crippen LogP contribution in [-0.4, -0.2) is 36.1 Å². The third-order valence-electron chi connectivity index (χ3n) is 3.79. The van der Waals surface area contributed by atoms with Crippen molar-refractivity contribution in [2.75, 3.05) is 20.4 Å². The van der Waals surface area contributed by atoms with Crippen LogP contribution < -0.4 is 15.6 Å². The van der Waals surface area contributed by atoms with Gasteiger partial charge < -0.3 is 14.5 Å². The van der Waals surface area contributed by atoms with Crippen LogP contribution in [0.3, 0.4) is 0 Å². The first-order chi connectivity index (χ1) is 12.2. The first-order valence-electron chi connectivity index (χ1n) is 8.13. The van der Waals surface area contributed by atoms with Gasteiger partial charge in [-0.1, -0.05) is 30.3 Å². The van der Waals surface area contributed by atoms with Gasteiger partial charge in [0, 0.05) is 25.0 Å². The Balaban J connectivity index is 0.00000243. The van der Waals surface area contributed by atoms with Gasteiger partial charge in [0.1, 0.15) is 12.4 Å². The van der Waals surface area contributed by atoms with Crippen LogP contribution >= 0.6 is 12.4 Å². The number of halogens is 1. The summed E-state index contributed by atoms with van der Waals surface area (Å²) in [4.78, 5) is 16.2. The molecule has 0 saturated carbocycles. The topological polar surface area (TPSA) is 56.8 Å². The Bertz CT molecular complexity index is 722. The number of rotatable bonds is 7. The molecule has 1 aliphatic rings. The highest BCUT2D eigenvalue weighted by Gasteiger charge is 2.09. The number of amides is 1. The van der Waals surface area contributed by atoms with E-state index in [1.54, 1.807) is 24.3 Å². The smallest absolute Gasteiger partial charge is 0.265 e. The molecule has 26 heavy (non-hydrogen) atoms. The molecule has 7 heteroatoms. The maximum absolute atomic E-state index is 12.1. The van der Waals surface area contributed by atoms with Crippen LogP contribution in [0.1, 0.15) is 15.9 Å². The number of nitrogens with one attached hydrogen (secondary N) is 2. The third kappa shape index (κ3) is 5.68. The highest BCUT2D eigenvalue weighted by Crippen LogP contribution is 2.14. The number of carbonyl (C=O) groups excluding carboxylic acids is 1. The van der Waals surface area contributed by atoms with Crippen LogP contribution in [0.4, 0.5) is 0 Å². The average Bonchev–Trinajstić information content (AvgIpc) is 3.06. The van der Waals surface area contributed by atoms with Gasteiger partial charge >= 0.3 is 0 Å². The Morgan fingerprint density at radius 1 is 1.08 bits per heavy atom.